The number of rotatable bonds is 6. The summed E-state index contributed by atoms with van der Waals surface area (Å²) in [7, 11) is 3.02. The maximum Gasteiger partial charge on any atom is 0.352 e. The average molecular weight is 490 g/mol. The summed E-state index contributed by atoms with van der Waals surface area (Å²) in [5.41, 5.74) is 0.0719. The van der Waals surface area contributed by atoms with E-state index in [1.54, 1.807) is 42.5 Å². The number of carbonyl (C=O) groups is 2. The van der Waals surface area contributed by atoms with Crippen LogP contribution in [0, 0.1) is 0 Å². The first-order valence-corrected chi connectivity index (χ1v) is 12.0. The van der Waals surface area contributed by atoms with Gasteiger partial charge >= 0.3 is 5.69 Å². The Hall–Kier alpha value is -4.21. The van der Waals surface area contributed by atoms with Crippen LogP contribution >= 0.6 is 0 Å². The number of hydrogen-bond acceptors (Lipinski definition) is 6. The molecule has 0 unspecified atom stereocenters. The lowest BCUT2D eigenvalue weighted by Gasteiger charge is -2.22. The third-order valence-electron chi connectivity index (χ3n) is 6.78. The molecule has 0 spiro atoms. The minimum atomic E-state index is -0.577. The number of nitrogens with one attached hydrogen (secondary N) is 1. The van der Waals surface area contributed by atoms with E-state index in [0.29, 0.717) is 16.9 Å². The van der Waals surface area contributed by atoms with Crippen molar-refractivity contribution in [2.75, 3.05) is 7.11 Å². The average Bonchev–Trinajstić information content (AvgIpc) is 3.23. The van der Waals surface area contributed by atoms with Crippen LogP contribution in [-0.4, -0.2) is 43.6 Å². The molecule has 1 N–H and O–H groups in total. The second-order valence-electron chi connectivity index (χ2n) is 9.14. The number of ether oxygens (including phenoxy) is 1. The van der Waals surface area contributed by atoms with Gasteiger partial charge in [-0.25, -0.2) is 13.9 Å². The molecule has 0 atom stereocenters. The highest BCUT2D eigenvalue weighted by Gasteiger charge is 2.21. The molecule has 0 radical (unpaired) electrons. The van der Waals surface area contributed by atoms with Crippen molar-refractivity contribution in [1.82, 2.24) is 24.1 Å². The van der Waals surface area contributed by atoms with Gasteiger partial charge < -0.3 is 10.1 Å². The van der Waals surface area contributed by atoms with Gasteiger partial charge in [-0.3, -0.25) is 19.0 Å². The third-order valence-corrected chi connectivity index (χ3v) is 6.78. The Labute approximate surface area is 206 Å². The quantitative estimate of drug-likeness (QED) is 0.416. The van der Waals surface area contributed by atoms with Crippen LogP contribution in [0.4, 0.5) is 0 Å². The molecule has 4 aromatic rings. The molecule has 10 heteroatoms. The number of amides is 1. The number of methoxy groups -OCH3 is 1. The van der Waals surface area contributed by atoms with Gasteiger partial charge in [0, 0.05) is 24.2 Å². The Morgan fingerprint density at radius 3 is 2.58 bits per heavy atom. The van der Waals surface area contributed by atoms with Crippen molar-refractivity contribution in [2.45, 2.75) is 44.7 Å². The van der Waals surface area contributed by atoms with Crippen LogP contribution in [0.5, 0.6) is 5.75 Å². The fraction of sp³-hybridized carbons (Fsp3) is 0.346. The molecular weight excluding hydrogens is 462 g/mol. The van der Waals surface area contributed by atoms with Gasteiger partial charge in [0.2, 0.25) is 5.78 Å². The van der Waals surface area contributed by atoms with Crippen molar-refractivity contribution in [1.29, 1.82) is 0 Å². The number of ketones is 1. The van der Waals surface area contributed by atoms with Crippen LogP contribution in [0.2, 0.25) is 0 Å². The van der Waals surface area contributed by atoms with Crippen molar-refractivity contribution in [3.05, 3.63) is 74.4 Å². The number of Topliss-reactive ketones (excluding diaryl/α,β-unsaturated/α-hetero) is 1. The molecule has 5 rings (SSSR count). The lowest BCUT2D eigenvalue weighted by Crippen LogP contribution is -2.36. The van der Waals surface area contributed by atoms with Crippen molar-refractivity contribution in [2.24, 2.45) is 7.05 Å². The van der Waals surface area contributed by atoms with Crippen LogP contribution in [0.15, 0.2) is 52.1 Å². The summed E-state index contributed by atoms with van der Waals surface area (Å²) < 4.78 is 8.74. The standard InChI is InChI=1S/C26H27N5O5/c1-29-24(34)20-12-11-17(23(33)27-18-8-4-3-5-9-18)14-21(20)31-25(29)28-30(26(31)35)15-22(32)16-7-6-10-19(13-16)36-2/h6-7,10-14,18H,3-5,8-9,15H2,1-2H3,(H,27,33). The molecule has 0 aliphatic heterocycles. The zero-order chi connectivity index (χ0) is 25.4. The Balaban J connectivity index is 1.56. The summed E-state index contributed by atoms with van der Waals surface area (Å²) >= 11 is 0. The molecule has 186 valence electrons. The SMILES string of the molecule is COc1cccc(C(=O)Cn2nc3n(C)c(=O)c4ccc(C(=O)NC5CCCCC5)cc4n3c2=O)c1. The van der Waals surface area contributed by atoms with Gasteiger partial charge in [-0.05, 0) is 43.2 Å². The van der Waals surface area contributed by atoms with E-state index in [1.807, 2.05) is 0 Å². The number of nitrogens with zero attached hydrogens (tertiary/aromatic N) is 4. The summed E-state index contributed by atoms with van der Waals surface area (Å²) in [6, 6.07) is 11.4. The van der Waals surface area contributed by atoms with E-state index in [1.165, 1.54) is 29.5 Å². The summed E-state index contributed by atoms with van der Waals surface area (Å²) in [6.07, 6.45) is 5.23. The molecule has 2 aromatic heterocycles. The van der Waals surface area contributed by atoms with Gasteiger partial charge in [0.25, 0.3) is 11.5 Å². The molecule has 1 aliphatic rings. The minimum Gasteiger partial charge on any atom is -0.497 e. The zero-order valence-electron chi connectivity index (χ0n) is 20.2. The van der Waals surface area contributed by atoms with Gasteiger partial charge in [-0.2, -0.15) is 0 Å². The molecule has 36 heavy (non-hydrogen) atoms. The van der Waals surface area contributed by atoms with E-state index >= 15 is 0 Å². The number of hydrogen-bond donors (Lipinski definition) is 1. The molecule has 10 nitrogen and oxygen atoms in total. The van der Waals surface area contributed by atoms with Crippen molar-refractivity contribution in [3.8, 4) is 5.75 Å². The number of carbonyl (C=O) groups excluding carboxylic acids is 2. The fourth-order valence-electron chi connectivity index (χ4n) is 4.78. The minimum absolute atomic E-state index is 0.0841. The number of aryl methyl sites for hydroxylation is 1. The Morgan fingerprint density at radius 1 is 1.06 bits per heavy atom. The molecule has 1 amide bonds. The normalized spacial score (nSPS) is 14.3. The molecular formula is C26H27N5O5. The molecule has 0 saturated heterocycles. The lowest BCUT2D eigenvalue weighted by atomic mass is 9.95. The van der Waals surface area contributed by atoms with Gasteiger partial charge in [-0.15, -0.1) is 5.10 Å². The second kappa shape index (κ2) is 9.44. The summed E-state index contributed by atoms with van der Waals surface area (Å²) in [5.74, 6) is 0.0314. The van der Waals surface area contributed by atoms with Gasteiger partial charge in [-0.1, -0.05) is 31.4 Å². The van der Waals surface area contributed by atoms with E-state index in [0.717, 1.165) is 30.4 Å². The van der Waals surface area contributed by atoms with E-state index in [9.17, 15) is 19.2 Å². The van der Waals surface area contributed by atoms with Crippen LogP contribution in [0.25, 0.3) is 16.7 Å². The van der Waals surface area contributed by atoms with Crippen LogP contribution < -0.4 is 21.3 Å². The monoisotopic (exact) mass is 489 g/mol. The molecule has 2 aromatic carbocycles. The predicted octanol–water partition coefficient (Wildman–Crippen LogP) is 2.30. The first-order chi connectivity index (χ1) is 17.4. The summed E-state index contributed by atoms with van der Waals surface area (Å²) in [5, 5.41) is 7.62. The Morgan fingerprint density at radius 2 is 1.83 bits per heavy atom. The molecule has 1 fully saturated rings. The van der Waals surface area contributed by atoms with E-state index < -0.39 is 5.69 Å². The predicted molar refractivity (Wildman–Crippen MR) is 134 cm³/mol. The van der Waals surface area contributed by atoms with Crippen LogP contribution in [0.3, 0.4) is 0 Å². The zero-order valence-corrected chi connectivity index (χ0v) is 20.2. The highest BCUT2D eigenvalue weighted by atomic mass is 16.5. The van der Waals surface area contributed by atoms with Crippen LogP contribution in [-0.2, 0) is 13.6 Å². The van der Waals surface area contributed by atoms with Crippen LogP contribution in [0.1, 0.15) is 52.8 Å². The van der Waals surface area contributed by atoms with Gasteiger partial charge in [0.15, 0.2) is 5.78 Å². The van der Waals surface area contributed by atoms with E-state index in [-0.39, 0.29) is 46.5 Å². The van der Waals surface area contributed by atoms with E-state index in [4.69, 9.17) is 4.74 Å². The van der Waals surface area contributed by atoms with Gasteiger partial charge in [0.05, 0.1) is 18.0 Å². The number of aromatic nitrogens is 4. The lowest BCUT2D eigenvalue weighted by molar-refractivity contribution is 0.0926. The molecule has 2 heterocycles. The second-order valence-corrected chi connectivity index (χ2v) is 9.14. The highest BCUT2D eigenvalue weighted by molar-refractivity contribution is 5.98. The van der Waals surface area contributed by atoms with Crippen molar-refractivity contribution >= 4 is 28.4 Å². The topological polar surface area (TPSA) is 117 Å². The number of benzene rings is 2. The third kappa shape index (κ3) is 4.19. The summed E-state index contributed by atoms with van der Waals surface area (Å²) in [4.78, 5) is 52.2. The summed E-state index contributed by atoms with van der Waals surface area (Å²) in [6.45, 7) is -0.314. The molecule has 1 saturated carbocycles. The first-order valence-electron chi connectivity index (χ1n) is 12.0. The van der Waals surface area contributed by atoms with Crippen molar-refractivity contribution < 1.29 is 14.3 Å². The maximum absolute atomic E-state index is 13.4. The maximum atomic E-state index is 13.4. The number of fused-ring (bicyclic) bond motifs is 3. The highest BCUT2D eigenvalue weighted by Crippen LogP contribution is 2.19. The fourth-order valence-corrected chi connectivity index (χ4v) is 4.78. The smallest absolute Gasteiger partial charge is 0.352 e. The van der Waals surface area contributed by atoms with E-state index in [2.05, 4.69) is 10.4 Å². The Kier molecular flexibility index (Phi) is 6.17. The largest absolute Gasteiger partial charge is 0.497 e. The molecule has 1 aliphatic carbocycles. The first kappa shape index (κ1) is 23.5. The molecule has 0 bridgehead atoms. The Bertz CT molecular complexity index is 1610. The van der Waals surface area contributed by atoms with Gasteiger partial charge in [0.1, 0.15) is 12.3 Å². The van der Waals surface area contributed by atoms with Crippen molar-refractivity contribution in [3.63, 3.8) is 0 Å².